The number of imide groups is 2. The van der Waals surface area contributed by atoms with Crippen LogP contribution >= 0.6 is 11.6 Å². The van der Waals surface area contributed by atoms with Crippen molar-refractivity contribution >= 4 is 57.6 Å². The van der Waals surface area contributed by atoms with Gasteiger partial charge < -0.3 is 24.6 Å². The first-order valence-corrected chi connectivity index (χ1v) is 20.1. The monoisotopic (exact) mass is 815 g/mol. The molecule has 13 nitrogen and oxygen atoms in total. The number of hydrogen-bond acceptors (Lipinski definition) is 11. The highest BCUT2D eigenvalue weighted by Gasteiger charge is 2.45. The van der Waals surface area contributed by atoms with Crippen LogP contribution in [-0.2, 0) is 9.59 Å². The number of methoxy groups -OCH3 is 1. The molecule has 3 fully saturated rings. The number of carbonyl (C=O) groups excluding carboxylic acids is 4. The maximum atomic E-state index is 15.5. The quantitative estimate of drug-likeness (QED) is 0.127. The van der Waals surface area contributed by atoms with Crippen LogP contribution in [0.2, 0.25) is 5.02 Å². The molecule has 4 aliphatic heterocycles. The number of halogens is 3. The Kier molecular flexibility index (Phi) is 11.5. The zero-order valence-electron chi connectivity index (χ0n) is 32.1. The van der Waals surface area contributed by atoms with Gasteiger partial charge in [-0.25, -0.2) is 18.7 Å². The number of aromatic nitrogens is 2. The second-order valence-corrected chi connectivity index (χ2v) is 15.8. The van der Waals surface area contributed by atoms with Gasteiger partial charge in [-0.2, -0.15) is 0 Å². The minimum absolute atomic E-state index is 0.00702. The number of nitrogens with zero attached hydrogens (tertiary/aromatic N) is 5. The fourth-order valence-corrected chi connectivity index (χ4v) is 8.80. The number of amides is 4. The molecule has 304 valence electrons. The van der Waals surface area contributed by atoms with Gasteiger partial charge in [0.05, 0.1) is 35.4 Å². The summed E-state index contributed by atoms with van der Waals surface area (Å²) >= 11 is 5.98. The maximum absolute atomic E-state index is 15.5. The van der Waals surface area contributed by atoms with Crippen LogP contribution in [0.1, 0.15) is 77.1 Å². The van der Waals surface area contributed by atoms with Gasteiger partial charge in [-0.1, -0.05) is 11.6 Å². The molecule has 0 spiro atoms. The Hall–Kier alpha value is -5.25. The highest BCUT2D eigenvalue weighted by atomic mass is 35.5. The number of benzene rings is 3. The Bertz CT molecular complexity index is 2260. The predicted molar refractivity (Wildman–Crippen MR) is 212 cm³/mol. The number of piperidine rings is 3. The van der Waals surface area contributed by atoms with Gasteiger partial charge in [-0.05, 0) is 119 Å². The molecule has 0 saturated carbocycles. The SMILES string of the molecule is COc1cc2ncnc(Nc3ccc(F)c(Cl)c3)c2cc1OCCCN1CCC(CN2CCC(c3cc4c(cc3F)C(=O)N(C3CCC(=O)NC3=O)C4=O)CC2)CC1. The summed E-state index contributed by atoms with van der Waals surface area (Å²) in [5, 5.41) is 6.11. The zero-order valence-corrected chi connectivity index (χ0v) is 32.8. The molecule has 3 saturated heterocycles. The predicted octanol–water partition coefficient (Wildman–Crippen LogP) is 6.08. The third kappa shape index (κ3) is 8.20. The van der Waals surface area contributed by atoms with Gasteiger partial charge >= 0.3 is 0 Å². The lowest BCUT2D eigenvalue weighted by Gasteiger charge is -2.38. The molecule has 1 aromatic heterocycles. The van der Waals surface area contributed by atoms with E-state index in [4.69, 9.17) is 21.1 Å². The number of fused-ring (bicyclic) bond motifs is 2. The average Bonchev–Trinajstić information content (AvgIpc) is 3.45. The molecule has 4 aromatic rings. The maximum Gasteiger partial charge on any atom is 0.262 e. The number of anilines is 2. The van der Waals surface area contributed by atoms with E-state index in [1.54, 1.807) is 19.2 Å². The molecule has 1 unspecified atom stereocenters. The summed E-state index contributed by atoms with van der Waals surface area (Å²) in [5.41, 5.74) is 1.77. The van der Waals surface area contributed by atoms with Crippen molar-refractivity contribution < 1.29 is 37.4 Å². The van der Waals surface area contributed by atoms with E-state index in [-0.39, 0.29) is 34.9 Å². The van der Waals surface area contributed by atoms with E-state index in [9.17, 15) is 23.6 Å². The van der Waals surface area contributed by atoms with Gasteiger partial charge in [0.15, 0.2) is 11.5 Å². The topological polar surface area (TPSA) is 146 Å². The van der Waals surface area contributed by atoms with Crippen molar-refractivity contribution in [3.05, 3.63) is 82.1 Å². The molecular formula is C42H44ClF2N7O6. The summed E-state index contributed by atoms with van der Waals surface area (Å²) in [5.74, 6) is -1.31. The average molecular weight is 816 g/mol. The molecule has 4 aliphatic rings. The molecule has 4 amide bonds. The first-order chi connectivity index (χ1) is 28.1. The van der Waals surface area contributed by atoms with E-state index in [1.165, 1.54) is 24.5 Å². The molecule has 16 heteroatoms. The van der Waals surface area contributed by atoms with Gasteiger partial charge in [0.25, 0.3) is 11.8 Å². The molecule has 0 aliphatic carbocycles. The lowest BCUT2D eigenvalue weighted by atomic mass is 9.86. The number of hydrogen-bond donors (Lipinski definition) is 2. The van der Waals surface area contributed by atoms with Gasteiger partial charge in [-0.3, -0.25) is 29.4 Å². The van der Waals surface area contributed by atoms with Crippen LogP contribution in [0.4, 0.5) is 20.3 Å². The van der Waals surface area contributed by atoms with E-state index in [2.05, 4.69) is 30.4 Å². The standard InChI is InChI=1S/C42H44ClF2N7O6/c1-57-36-21-34-30(39(47-23-46-34)48-26-3-4-32(44)31(43)17-26)20-37(36)58-16-2-11-50-12-7-24(8-13-50)22-51-14-9-25(10-15-51)27-18-28-29(19-33(27)45)42(56)52(41(28)55)35-5-6-38(53)49-40(35)54/h3-4,17-21,23-25,35H,2,5-16,22H2,1H3,(H,46,47,48)(H,49,53,54). The minimum Gasteiger partial charge on any atom is -0.493 e. The summed E-state index contributed by atoms with van der Waals surface area (Å²) in [7, 11) is 1.59. The van der Waals surface area contributed by atoms with Gasteiger partial charge in [0.2, 0.25) is 11.8 Å². The summed E-state index contributed by atoms with van der Waals surface area (Å²) in [6, 6.07) is 9.59. The fourth-order valence-electron chi connectivity index (χ4n) is 8.62. The summed E-state index contributed by atoms with van der Waals surface area (Å²) < 4.78 is 41.0. The normalized spacial score (nSPS) is 19.8. The summed E-state index contributed by atoms with van der Waals surface area (Å²) in [4.78, 5) is 65.0. The summed E-state index contributed by atoms with van der Waals surface area (Å²) in [6.07, 6.45) is 6.01. The van der Waals surface area contributed by atoms with Crippen molar-refractivity contribution in [1.82, 2.24) is 30.0 Å². The minimum atomic E-state index is -1.08. The number of rotatable bonds is 12. The largest absolute Gasteiger partial charge is 0.493 e. The first kappa shape index (κ1) is 39.6. The summed E-state index contributed by atoms with van der Waals surface area (Å²) in [6.45, 7) is 6.02. The number of nitrogens with one attached hydrogen (secondary N) is 2. The van der Waals surface area contributed by atoms with Crippen molar-refractivity contribution in [2.75, 3.05) is 58.3 Å². The Morgan fingerprint density at radius 1 is 0.862 bits per heavy atom. The smallest absolute Gasteiger partial charge is 0.262 e. The van der Waals surface area contributed by atoms with E-state index in [1.807, 2.05) is 6.07 Å². The van der Waals surface area contributed by atoms with Crippen LogP contribution in [0.5, 0.6) is 11.5 Å². The Morgan fingerprint density at radius 3 is 2.33 bits per heavy atom. The fraction of sp³-hybridized carbons (Fsp3) is 0.429. The van der Waals surface area contributed by atoms with Crippen LogP contribution in [-0.4, -0.2) is 107 Å². The van der Waals surface area contributed by atoms with Gasteiger partial charge in [0.1, 0.15) is 29.8 Å². The molecule has 0 bridgehead atoms. The third-order valence-electron chi connectivity index (χ3n) is 11.8. The molecule has 3 aromatic carbocycles. The van der Waals surface area contributed by atoms with Crippen molar-refractivity contribution in [1.29, 1.82) is 0 Å². The second-order valence-electron chi connectivity index (χ2n) is 15.4. The molecule has 58 heavy (non-hydrogen) atoms. The lowest BCUT2D eigenvalue weighted by molar-refractivity contribution is -0.136. The Labute approximate surface area is 339 Å². The van der Waals surface area contributed by atoms with E-state index in [0.717, 1.165) is 87.7 Å². The van der Waals surface area contributed by atoms with E-state index in [0.29, 0.717) is 46.6 Å². The first-order valence-electron chi connectivity index (χ1n) is 19.7. The van der Waals surface area contributed by atoms with Crippen LogP contribution in [0.3, 0.4) is 0 Å². The van der Waals surface area contributed by atoms with Crippen molar-refractivity contribution in [3.8, 4) is 11.5 Å². The van der Waals surface area contributed by atoms with Gasteiger partial charge in [-0.15, -0.1) is 0 Å². The Balaban J connectivity index is 0.787. The molecule has 2 N–H and O–H groups in total. The highest BCUT2D eigenvalue weighted by Crippen LogP contribution is 2.37. The van der Waals surface area contributed by atoms with Crippen molar-refractivity contribution in [3.63, 3.8) is 0 Å². The van der Waals surface area contributed by atoms with E-state index >= 15 is 4.39 Å². The van der Waals surface area contributed by atoms with Crippen LogP contribution in [0.25, 0.3) is 10.9 Å². The number of likely N-dealkylation sites (tertiary alicyclic amines) is 2. The third-order valence-corrected chi connectivity index (χ3v) is 12.1. The van der Waals surface area contributed by atoms with Crippen molar-refractivity contribution in [2.45, 2.75) is 56.9 Å². The van der Waals surface area contributed by atoms with Crippen molar-refractivity contribution in [2.24, 2.45) is 5.92 Å². The number of ether oxygens (including phenoxy) is 2. The van der Waals surface area contributed by atoms with E-state index < -0.39 is 41.3 Å². The number of carbonyl (C=O) groups is 4. The Morgan fingerprint density at radius 2 is 1.60 bits per heavy atom. The second kappa shape index (κ2) is 16.9. The molecule has 8 rings (SSSR count). The van der Waals surface area contributed by atoms with Crippen LogP contribution in [0.15, 0.2) is 48.8 Å². The van der Waals surface area contributed by atoms with Crippen LogP contribution in [0, 0.1) is 17.6 Å². The highest BCUT2D eigenvalue weighted by molar-refractivity contribution is 6.31. The van der Waals surface area contributed by atoms with Gasteiger partial charge in [0, 0.05) is 36.7 Å². The molecule has 0 radical (unpaired) electrons. The van der Waals surface area contributed by atoms with Crippen LogP contribution < -0.4 is 20.1 Å². The lowest BCUT2D eigenvalue weighted by Crippen LogP contribution is -2.54. The molecular weight excluding hydrogens is 772 g/mol. The zero-order chi connectivity index (χ0) is 40.5. The molecule has 5 heterocycles. The molecule has 1 atom stereocenters.